The van der Waals surface area contributed by atoms with Crippen molar-refractivity contribution in [1.82, 2.24) is 10.2 Å². The number of hydrogen-bond acceptors (Lipinski definition) is 3. The molecule has 4 heteroatoms. The minimum Gasteiger partial charge on any atom is -0.480 e. The van der Waals surface area contributed by atoms with E-state index in [1.165, 1.54) is 19.3 Å². The lowest BCUT2D eigenvalue weighted by Gasteiger charge is -2.34. The van der Waals surface area contributed by atoms with E-state index in [4.69, 9.17) is 0 Å². The largest absolute Gasteiger partial charge is 0.480 e. The van der Waals surface area contributed by atoms with E-state index in [1.54, 1.807) is 0 Å². The first kappa shape index (κ1) is 16.0. The lowest BCUT2D eigenvalue weighted by Crippen LogP contribution is -2.51. The Bertz CT molecular complexity index is 443. The Morgan fingerprint density at radius 3 is 2.48 bits per heavy atom. The van der Waals surface area contributed by atoms with Crippen molar-refractivity contribution in [1.29, 1.82) is 0 Å². The molecular weight excluding hydrogens is 264 g/mol. The number of hydrogen-bond donors (Lipinski definition) is 2. The third-order valence-corrected chi connectivity index (χ3v) is 4.36. The first-order valence-electron chi connectivity index (χ1n) is 7.95. The van der Waals surface area contributed by atoms with Gasteiger partial charge in [-0.15, -0.1) is 0 Å². The number of benzene rings is 1. The van der Waals surface area contributed by atoms with E-state index in [-0.39, 0.29) is 0 Å². The third kappa shape index (κ3) is 3.83. The number of nitrogens with zero attached hydrogens (tertiary/aromatic N) is 1. The van der Waals surface area contributed by atoms with Crippen LogP contribution in [0.25, 0.3) is 0 Å². The lowest BCUT2D eigenvalue weighted by atomic mass is 9.86. The van der Waals surface area contributed by atoms with Crippen molar-refractivity contribution in [2.75, 3.05) is 26.2 Å². The van der Waals surface area contributed by atoms with E-state index in [0.717, 1.165) is 25.2 Å². The molecule has 2 N–H and O–H groups in total. The lowest BCUT2D eigenvalue weighted by molar-refractivity contribution is -0.146. The molecule has 1 aromatic rings. The fraction of sp³-hybridized carbons (Fsp3) is 0.588. The molecule has 1 aliphatic heterocycles. The summed E-state index contributed by atoms with van der Waals surface area (Å²) in [7, 11) is 0. The minimum atomic E-state index is -0.979. The molecular formula is C17H26N2O2. The third-order valence-electron chi connectivity index (χ3n) is 4.36. The molecule has 1 heterocycles. The summed E-state index contributed by atoms with van der Waals surface area (Å²) >= 11 is 0. The second kappa shape index (κ2) is 7.57. The van der Waals surface area contributed by atoms with Gasteiger partial charge in [-0.1, -0.05) is 43.7 Å². The van der Waals surface area contributed by atoms with Crippen LogP contribution in [0.3, 0.4) is 0 Å². The Labute approximate surface area is 127 Å². The molecule has 1 aromatic carbocycles. The SMILES string of the molecule is CCNC(CCN1CCCCC1)(C(=O)O)c1ccccc1. The van der Waals surface area contributed by atoms with Gasteiger partial charge >= 0.3 is 5.97 Å². The number of rotatable bonds is 7. The standard InChI is InChI=1S/C17H26N2O2/c1-2-18-17(16(20)21,15-9-5-3-6-10-15)11-14-19-12-7-4-8-13-19/h3,5-6,9-10,18H,2,4,7-8,11-14H2,1H3,(H,20,21). The van der Waals surface area contributed by atoms with Gasteiger partial charge in [-0.05, 0) is 44.5 Å². The maximum Gasteiger partial charge on any atom is 0.328 e. The molecule has 0 amide bonds. The monoisotopic (exact) mass is 290 g/mol. The second-order valence-electron chi connectivity index (χ2n) is 5.76. The molecule has 1 aliphatic rings. The quantitative estimate of drug-likeness (QED) is 0.810. The average Bonchev–Trinajstić information content (AvgIpc) is 2.53. The number of carbonyl (C=O) groups is 1. The van der Waals surface area contributed by atoms with Gasteiger partial charge in [0.2, 0.25) is 0 Å². The summed E-state index contributed by atoms with van der Waals surface area (Å²) in [4.78, 5) is 14.4. The minimum absolute atomic E-state index is 0.597. The second-order valence-corrected chi connectivity index (χ2v) is 5.76. The molecule has 1 fully saturated rings. The molecule has 4 nitrogen and oxygen atoms in total. The van der Waals surface area contributed by atoms with E-state index in [0.29, 0.717) is 13.0 Å². The van der Waals surface area contributed by atoms with Crippen LogP contribution < -0.4 is 5.32 Å². The van der Waals surface area contributed by atoms with Gasteiger partial charge in [-0.25, -0.2) is 4.79 Å². The van der Waals surface area contributed by atoms with Crippen molar-refractivity contribution in [2.24, 2.45) is 0 Å². The van der Waals surface area contributed by atoms with Gasteiger partial charge in [0.05, 0.1) is 0 Å². The summed E-state index contributed by atoms with van der Waals surface area (Å²) in [5, 5.41) is 13.1. The number of nitrogens with one attached hydrogen (secondary N) is 1. The van der Waals surface area contributed by atoms with Crippen molar-refractivity contribution in [3.8, 4) is 0 Å². The molecule has 0 aliphatic carbocycles. The zero-order chi connectivity index (χ0) is 15.1. The van der Waals surface area contributed by atoms with Crippen LogP contribution in [0.1, 0.15) is 38.2 Å². The fourth-order valence-corrected chi connectivity index (χ4v) is 3.17. The van der Waals surface area contributed by atoms with Gasteiger partial charge in [0, 0.05) is 6.54 Å². The van der Waals surface area contributed by atoms with E-state index in [1.807, 2.05) is 37.3 Å². The molecule has 0 spiro atoms. The van der Waals surface area contributed by atoms with Crippen molar-refractivity contribution >= 4 is 5.97 Å². The fourth-order valence-electron chi connectivity index (χ4n) is 3.17. The Balaban J connectivity index is 2.16. The molecule has 116 valence electrons. The van der Waals surface area contributed by atoms with Crippen molar-refractivity contribution in [3.63, 3.8) is 0 Å². The number of likely N-dealkylation sites (tertiary alicyclic amines) is 1. The number of carboxylic acid groups (broad SMARTS) is 1. The van der Waals surface area contributed by atoms with Gasteiger partial charge < -0.3 is 10.0 Å². The summed E-state index contributed by atoms with van der Waals surface area (Å²) in [6.45, 7) is 5.62. The van der Waals surface area contributed by atoms with E-state index in [9.17, 15) is 9.90 Å². The van der Waals surface area contributed by atoms with Crippen LogP contribution in [0.2, 0.25) is 0 Å². The summed E-state index contributed by atoms with van der Waals surface area (Å²) in [5.41, 5.74) is -0.135. The summed E-state index contributed by atoms with van der Waals surface area (Å²) in [6.07, 6.45) is 4.35. The normalized spacial score (nSPS) is 19.1. The molecule has 0 radical (unpaired) electrons. The van der Waals surface area contributed by atoms with Crippen LogP contribution in [0.5, 0.6) is 0 Å². The zero-order valence-corrected chi connectivity index (χ0v) is 12.8. The Kier molecular flexibility index (Phi) is 5.76. The van der Waals surface area contributed by atoms with Crippen molar-refractivity contribution in [3.05, 3.63) is 35.9 Å². The van der Waals surface area contributed by atoms with Crippen LogP contribution in [0.4, 0.5) is 0 Å². The van der Waals surface area contributed by atoms with E-state index < -0.39 is 11.5 Å². The maximum absolute atomic E-state index is 12.0. The summed E-state index contributed by atoms with van der Waals surface area (Å²) in [5.74, 6) is -0.785. The first-order chi connectivity index (χ1) is 10.2. The van der Waals surface area contributed by atoms with Crippen LogP contribution in [0.15, 0.2) is 30.3 Å². The van der Waals surface area contributed by atoms with Crippen molar-refractivity contribution in [2.45, 2.75) is 38.1 Å². The molecule has 1 unspecified atom stereocenters. The molecule has 0 aromatic heterocycles. The highest BCUT2D eigenvalue weighted by Gasteiger charge is 2.39. The van der Waals surface area contributed by atoms with Crippen LogP contribution in [-0.4, -0.2) is 42.2 Å². The number of piperidine rings is 1. The zero-order valence-electron chi connectivity index (χ0n) is 12.8. The molecule has 0 saturated carbocycles. The van der Waals surface area contributed by atoms with Crippen LogP contribution >= 0.6 is 0 Å². The average molecular weight is 290 g/mol. The van der Waals surface area contributed by atoms with Crippen LogP contribution in [0, 0.1) is 0 Å². The molecule has 1 atom stereocenters. The van der Waals surface area contributed by atoms with E-state index in [2.05, 4.69) is 10.2 Å². The summed E-state index contributed by atoms with van der Waals surface area (Å²) < 4.78 is 0. The molecule has 0 bridgehead atoms. The van der Waals surface area contributed by atoms with Crippen LogP contribution in [-0.2, 0) is 10.3 Å². The topological polar surface area (TPSA) is 52.6 Å². The molecule has 2 rings (SSSR count). The van der Waals surface area contributed by atoms with Crippen molar-refractivity contribution < 1.29 is 9.90 Å². The number of aliphatic carboxylic acids is 1. The maximum atomic E-state index is 12.0. The predicted molar refractivity (Wildman–Crippen MR) is 84.3 cm³/mol. The first-order valence-corrected chi connectivity index (χ1v) is 7.95. The van der Waals surface area contributed by atoms with Gasteiger partial charge in [-0.2, -0.15) is 0 Å². The van der Waals surface area contributed by atoms with Gasteiger partial charge in [-0.3, -0.25) is 5.32 Å². The highest BCUT2D eigenvalue weighted by molar-refractivity contribution is 5.80. The highest BCUT2D eigenvalue weighted by Crippen LogP contribution is 2.26. The van der Waals surface area contributed by atoms with Gasteiger partial charge in [0.25, 0.3) is 0 Å². The van der Waals surface area contributed by atoms with E-state index >= 15 is 0 Å². The highest BCUT2D eigenvalue weighted by atomic mass is 16.4. The number of likely N-dealkylation sites (N-methyl/N-ethyl adjacent to an activating group) is 1. The smallest absolute Gasteiger partial charge is 0.328 e. The van der Waals surface area contributed by atoms with Gasteiger partial charge in [0.15, 0.2) is 0 Å². The Morgan fingerprint density at radius 2 is 1.90 bits per heavy atom. The Morgan fingerprint density at radius 1 is 1.24 bits per heavy atom. The molecule has 21 heavy (non-hydrogen) atoms. The summed E-state index contributed by atoms with van der Waals surface area (Å²) in [6, 6.07) is 9.56. The predicted octanol–water partition coefficient (Wildman–Crippen LogP) is 2.45. The molecule has 1 saturated heterocycles. The Hall–Kier alpha value is -1.39. The number of carboxylic acids is 1. The van der Waals surface area contributed by atoms with Gasteiger partial charge in [0.1, 0.15) is 5.54 Å².